The van der Waals surface area contributed by atoms with E-state index in [1.165, 1.54) is 0 Å². The van der Waals surface area contributed by atoms with Crippen LogP contribution < -0.4 is 10.3 Å². The number of ether oxygens (including phenoxy) is 1. The van der Waals surface area contributed by atoms with Crippen LogP contribution in [0, 0.1) is 6.92 Å². The summed E-state index contributed by atoms with van der Waals surface area (Å²) in [5.41, 5.74) is 1.33. The number of carbonyl (C=O) groups excluding carboxylic acids is 1. The zero-order valence-corrected chi connectivity index (χ0v) is 16.1. The molecule has 8 nitrogen and oxygen atoms in total. The van der Waals surface area contributed by atoms with E-state index in [0.29, 0.717) is 55.4 Å². The molecule has 2 aromatic heterocycles. The smallest absolute Gasteiger partial charge is 0.254 e. The van der Waals surface area contributed by atoms with E-state index in [9.17, 15) is 9.59 Å². The fourth-order valence-corrected chi connectivity index (χ4v) is 3.56. The predicted octanol–water partition coefficient (Wildman–Crippen LogP) is 2.32. The molecule has 1 saturated heterocycles. The average molecular weight is 374 g/mol. The molecule has 3 heterocycles. The summed E-state index contributed by atoms with van der Waals surface area (Å²) in [6.07, 6.45) is 3.11. The third-order valence-electron chi connectivity index (χ3n) is 4.90. The maximum Gasteiger partial charge on any atom is 0.254 e. The van der Waals surface area contributed by atoms with Crippen LogP contribution >= 0.6 is 0 Å². The second-order valence-corrected chi connectivity index (χ2v) is 6.68. The minimum absolute atomic E-state index is 0.0201. The fourth-order valence-electron chi connectivity index (χ4n) is 3.56. The van der Waals surface area contributed by atoms with Crippen LogP contribution in [0.4, 0.5) is 0 Å². The van der Waals surface area contributed by atoms with Crippen molar-refractivity contribution in [3.63, 3.8) is 0 Å². The van der Waals surface area contributed by atoms with Crippen LogP contribution in [0.15, 0.2) is 15.4 Å². The number of aryl methyl sites for hydroxylation is 2. The van der Waals surface area contributed by atoms with Gasteiger partial charge in [-0.2, -0.15) is 0 Å². The average Bonchev–Trinajstić information content (AvgIpc) is 3.29. The Morgan fingerprint density at radius 2 is 2.26 bits per heavy atom. The standard InChI is InChI=1S/C19H26N4O4/c1-4-14-12(3)20-18(21-19(14)25)15-7-6-10-23(15)17(24)9-8-13-11-16(22-27-13)26-5-2/h11,15H,4-10H2,1-3H3,(H,20,21,25). The molecule has 0 aromatic carbocycles. The van der Waals surface area contributed by atoms with Gasteiger partial charge in [0.2, 0.25) is 5.91 Å². The molecule has 1 atom stereocenters. The van der Waals surface area contributed by atoms with Crippen LogP contribution in [-0.2, 0) is 17.6 Å². The summed E-state index contributed by atoms with van der Waals surface area (Å²) >= 11 is 0. The van der Waals surface area contributed by atoms with Crippen molar-refractivity contribution in [3.8, 4) is 5.88 Å². The number of nitrogens with zero attached hydrogens (tertiary/aromatic N) is 3. The highest BCUT2D eigenvalue weighted by Crippen LogP contribution is 2.30. The number of likely N-dealkylation sites (tertiary alicyclic amines) is 1. The van der Waals surface area contributed by atoms with Gasteiger partial charge in [-0.25, -0.2) is 4.98 Å². The van der Waals surface area contributed by atoms with Crippen LogP contribution in [0.3, 0.4) is 0 Å². The molecule has 1 aliphatic heterocycles. The molecular weight excluding hydrogens is 348 g/mol. The van der Waals surface area contributed by atoms with Crippen LogP contribution in [0.1, 0.15) is 62.0 Å². The summed E-state index contributed by atoms with van der Waals surface area (Å²) in [6, 6.07) is 1.54. The van der Waals surface area contributed by atoms with Crippen LogP contribution in [0.5, 0.6) is 5.88 Å². The lowest BCUT2D eigenvalue weighted by Gasteiger charge is -2.24. The lowest BCUT2D eigenvalue weighted by atomic mass is 10.1. The molecule has 0 aliphatic carbocycles. The Kier molecular flexibility index (Phi) is 5.93. The molecule has 0 spiro atoms. The fraction of sp³-hybridized carbons (Fsp3) is 0.579. The zero-order valence-electron chi connectivity index (χ0n) is 16.1. The third-order valence-corrected chi connectivity index (χ3v) is 4.90. The highest BCUT2D eigenvalue weighted by molar-refractivity contribution is 5.77. The van der Waals surface area contributed by atoms with Gasteiger partial charge in [0.05, 0.1) is 12.6 Å². The van der Waals surface area contributed by atoms with E-state index in [1.807, 2.05) is 25.7 Å². The van der Waals surface area contributed by atoms with Crippen molar-refractivity contribution in [2.75, 3.05) is 13.2 Å². The molecule has 1 amide bonds. The normalized spacial score (nSPS) is 16.7. The lowest BCUT2D eigenvalue weighted by molar-refractivity contribution is -0.132. The third kappa shape index (κ3) is 4.20. The number of carbonyl (C=O) groups is 1. The molecule has 8 heteroatoms. The Hall–Kier alpha value is -2.64. The second-order valence-electron chi connectivity index (χ2n) is 6.68. The Bertz CT molecular complexity index is 858. The zero-order chi connectivity index (χ0) is 19.4. The first kappa shape index (κ1) is 19.1. The van der Waals surface area contributed by atoms with Gasteiger partial charge in [-0.15, -0.1) is 0 Å². The van der Waals surface area contributed by atoms with Crippen molar-refractivity contribution in [2.24, 2.45) is 0 Å². The van der Waals surface area contributed by atoms with E-state index >= 15 is 0 Å². The summed E-state index contributed by atoms with van der Waals surface area (Å²) in [4.78, 5) is 34.3. The summed E-state index contributed by atoms with van der Waals surface area (Å²) in [5, 5.41) is 3.81. The van der Waals surface area contributed by atoms with E-state index in [0.717, 1.165) is 18.5 Å². The molecule has 2 aromatic rings. The Balaban J connectivity index is 1.68. The SMILES string of the molecule is CCOc1cc(CCC(=O)N2CCCC2c2nc(C)c(CC)c(=O)[nH]2)on1. The van der Waals surface area contributed by atoms with E-state index in [-0.39, 0.29) is 17.5 Å². The second kappa shape index (κ2) is 8.37. The van der Waals surface area contributed by atoms with Crippen molar-refractivity contribution in [1.29, 1.82) is 0 Å². The van der Waals surface area contributed by atoms with Gasteiger partial charge in [-0.1, -0.05) is 6.92 Å². The number of aromatic amines is 1. The Morgan fingerprint density at radius 3 is 2.96 bits per heavy atom. The van der Waals surface area contributed by atoms with E-state index in [4.69, 9.17) is 9.26 Å². The molecule has 1 N–H and O–H groups in total. The van der Waals surface area contributed by atoms with Crippen LogP contribution in [0.2, 0.25) is 0 Å². The van der Waals surface area contributed by atoms with Crippen molar-refractivity contribution in [1.82, 2.24) is 20.0 Å². The topological polar surface area (TPSA) is 101 Å². The number of hydrogen-bond acceptors (Lipinski definition) is 6. The van der Waals surface area contributed by atoms with Gasteiger partial charge >= 0.3 is 0 Å². The van der Waals surface area contributed by atoms with Gasteiger partial charge in [0, 0.05) is 36.7 Å². The van der Waals surface area contributed by atoms with Gasteiger partial charge in [-0.3, -0.25) is 9.59 Å². The van der Waals surface area contributed by atoms with Crippen molar-refractivity contribution < 1.29 is 14.1 Å². The first-order chi connectivity index (χ1) is 13.0. The first-order valence-corrected chi connectivity index (χ1v) is 9.51. The number of aromatic nitrogens is 3. The van der Waals surface area contributed by atoms with Crippen molar-refractivity contribution in [2.45, 2.75) is 58.9 Å². The number of hydrogen-bond donors (Lipinski definition) is 1. The van der Waals surface area contributed by atoms with Crippen LogP contribution in [0.25, 0.3) is 0 Å². The van der Waals surface area contributed by atoms with Gasteiger partial charge < -0.3 is 19.1 Å². The van der Waals surface area contributed by atoms with Gasteiger partial charge in [0.25, 0.3) is 11.4 Å². The summed E-state index contributed by atoms with van der Waals surface area (Å²) in [7, 11) is 0. The maximum atomic E-state index is 12.7. The monoisotopic (exact) mass is 374 g/mol. The molecule has 146 valence electrons. The summed E-state index contributed by atoms with van der Waals surface area (Å²) in [5.74, 6) is 1.66. The van der Waals surface area contributed by atoms with E-state index < -0.39 is 0 Å². The minimum atomic E-state index is -0.177. The largest absolute Gasteiger partial charge is 0.476 e. The first-order valence-electron chi connectivity index (χ1n) is 9.51. The lowest BCUT2D eigenvalue weighted by Crippen LogP contribution is -2.33. The number of rotatable bonds is 7. The molecule has 0 bridgehead atoms. The van der Waals surface area contributed by atoms with E-state index in [1.54, 1.807) is 6.07 Å². The minimum Gasteiger partial charge on any atom is -0.476 e. The number of amides is 1. The van der Waals surface area contributed by atoms with Crippen molar-refractivity contribution >= 4 is 5.91 Å². The predicted molar refractivity (Wildman–Crippen MR) is 98.7 cm³/mol. The summed E-state index contributed by atoms with van der Waals surface area (Å²) < 4.78 is 10.5. The van der Waals surface area contributed by atoms with Gasteiger partial charge in [-0.05, 0) is 38.3 Å². The van der Waals surface area contributed by atoms with Crippen LogP contribution in [-0.4, -0.2) is 39.1 Å². The Morgan fingerprint density at radius 1 is 1.44 bits per heavy atom. The van der Waals surface area contributed by atoms with E-state index in [2.05, 4.69) is 15.1 Å². The van der Waals surface area contributed by atoms with Gasteiger partial charge in [0.1, 0.15) is 11.6 Å². The van der Waals surface area contributed by atoms with Crippen molar-refractivity contribution in [3.05, 3.63) is 39.3 Å². The molecule has 1 unspecified atom stereocenters. The molecule has 1 fully saturated rings. The molecule has 0 radical (unpaired) electrons. The highest BCUT2D eigenvalue weighted by Gasteiger charge is 2.32. The maximum absolute atomic E-state index is 12.7. The molecule has 27 heavy (non-hydrogen) atoms. The van der Waals surface area contributed by atoms with Gasteiger partial charge in [0.15, 0.2) is 0 Å². The quantitative estimate of drug-likeness (QED) is 0.798. The highest BCUT2D eigenvalue weighted by atomic mass is 16.5. The molecular formula is C19H26N4O4. The molecule has 1 aliphatic rings. The number of H-pyrrole nitrogens is 1. The Labute approximate surface area is 157 Å². The molecule has 0 saturated carbocycles. The number of nitrogens with one attached hydrogen (secondary N) is 1. The molecule has 3 rings (SSSR count). The summed E-state index contributed by atoms with van der Waals surface area (Å²) in [6.45, 7) is 6.84.